The van der Waals surface area contributed by atoms with Gasteiger partial charge >= 0.3 is 0 Å². The summed E-state index contributed by atoms with van der Waals surface area (Å²) in [6.07, 6.45) is 5.19. The number of pyridine rings is 1. The summed E-state index contributed by atoms with van der Waals surface area (Å²) < 4.78 is 0. The maximum atomic E-state index is 4.43. The van der Waals surface area contributed by atoms with E-state index < -0.39 is 0 Å². The highest BCUT2D eigenvalue weighted by Crippen LogP contribution is 2.28. The van der Waals surface area contributed by atoms with Crippen molar-refractivity contribution in [3.8, 4) is 0 Å². The fraction of sp³-hybridized carbons (Fsp3) is 0.562. The second-order valence-electron chi connectivity index (χ2n) is 6.20. The van der Waals surface area contributed by atoms with Crippen LogP contribution >= 0.6 is 11.3 Å². The van der Waals surface area contributed by atoms with Gasteiger partial charge in [-0.1, -0.05) is 31.3 Å². The lowest BCUT2D eigenvalue weighted by atomic mass is 10.0. The summed E-state index contributed by atoms with van der Waals surface area (Å²) in [6.45, 7) is 6.61. The first-order chi connectivity index (χ1) is 10.2. The van der Waals surface area contributed by atoms with Crippen molar-refractivity contribution < 1.29 is 0 Å². The van der Waals surface area contributed by atoms with Gasteiger partial charge in [0.15, 0.2) is 0 Å². The minimum absolute atomic E-state index is 0.640. The summed E-state index contributed by atoms with van der Waals surface area (Å²) in [5.41, 5.74) is 1.20. The summed E-state index contributed by atoms with van der Waals surface area (Å²) in [5.74, 6) is 1.32. The molecule has 1 aliphatic heterocycles. The van der Waals surface area contributed by atoms with Crippen molar-refractivity contribution >= 4 is 16.5 Å². The minimum Gasteiger partial charge on any atom is -0.346 e. The molecule has 0 N–H and O–H groups in total. The molecule has 0 aromatic carbocycles. The zero-order valence-electron chi connectivity index (χ0n) is 12.7. The average Bonchev–Trinajstić information content (AvgIpc) is 3.08. The van der Waals surface area contributed by atoms with Gasteiger partial charge in [-0.05, 0) is 36.8 Å². The van der Waals surface area contributed by atoms with E-state index in [0.717, 1.165) is 36.1 Å². The van der Waals surface area contributed by atoms with E-state index in [0.29, 0.717) is 11.8 Å². The summed E-state index contributed by atoms with van der Waals surface area (Å²) >= 11 is 1.75. The maximum absolute atomic E-state index is 4.43. The molecule has 2 aromatic rings. The molecule has 1 saturated heterocycles. The molecule has 0 spiro atoms. The monoisotopic (exact) mass is 302 g/mol. The zero-order valence-corrected chi connectivity index (χ0v) is 13.5. The summed E-state index contributed by atoms with van der Waals surface area (Å²) in [6, 6.07) is 6.16. The molecule has 4 nitrogen and oxygen atoms in total. The van der Waals surface area contributed by atoms with E-state index in [1.165, 1.54) is 12.1 Å². The number of hydrogen-bond acceptors (Lipinski definition) is 5. The Morgan fingerprint density at radius 3 is 3.00 bits per heavy atom. The first kappa shape index (κ1) is 14.4. The van der Waals surface area contributed by atoms with Crippen LogP contribution in [0.4, 0.5) is 5.13 Å². The first-order valence-electron chi connectivity index (χ1n) is 7.68. The van der Waals surface area contributed by atoms with Gasteiger partial charge in [-0.3, -0.25) is 4.98 Å². The zero-order chi connectivity index (χ0) is 14.7. The molecule has 2 aromatic heterocycles. The Labute approximate surface area is 130 Å². The maximum Gasteiger partial charge on any atom is 0.208 e. The van der Waals surface area contributed by atoms with E-state index in [1.807, 2.05) is 12.3 Å². The summed E-state index contributed by atoms with van der Waals surface area (Å²) in [7, 11) is 0. The van der Waals surface area contributed by atoms with Crippen molar-refractivity contribution in [3.63, 3.8) is 0 Å². The molecule has 1 aliphatic rings. The van der Waals surface area contributed by atoms with E-state index in [-0.39, 0.29) is 0 Å². The Morgan fingerprint density at radius 2 is 2.24 bits per heavy atom. The van der Waals surface area contributed by atoms with Crippen LogP contribution in [0.2, 0.25) is 0 Å². The van der Waals surface area contributed by atoms with E-state index in [2.05, 4.69) is 46.1 Å². The third-order valence-electron chi connectivity index (χ3n) is 3.82. The van der Waals surface area contributed by atoms with Gasteiger partial charge < -0.3 is 4.90 Å². The van der Waals surface area contributed by atoms with E-state index >= 15 is 0 Å². The van der Waals surface area contributed by atoms with Crippen molar-refractivity contribution in [1.29, 1.82) is 0 Å². The Hall–Kier alpha value is -1.49. The molecule has 1 fully saturated rings. The van der Waals surface area contributed by atoms with E-state index in [9.17, 15) is 0 Å². The van der Waals surface area contributed by atoms with Crippen LogP contribution < -0.4 is 4.90 Å². The smallest absolute Gasteiger partial charge is 0.208 e. The van der Waals surface area contributed by atoms with Crippen LogP contribution in [-0.4, -0.2) is 28.3 Å². The lowest BCUT2D eigenvalue weighted by Gasteiger charge is -2.14. The van der Waals surface area contributed by atoms with Gasteiger partial charge in [0.2, 0.25) is 5.13 Å². The Bertz CT molecular complexity index is 567. The second kappa shape index (κ2) is 6.52. The van der Waals surface area contributed by atoms with Crippen LogP contribution in [0.3, 0.4) is 0 Å². The minimum atomic E-state index is 0.640. The van der Waals surface area contributed by atoms with Gasteiger partial charge in [-0.25, -0.2) is 0 Å². The van der Waals surface area contributed by atoms with Crippen molar-refractivity contribution in [1.82, 2.24) is 15.2 Å². The summed E-state index contributed by atoms with van der Waals surface area (Å²) in [5, 5.41) is 10.9. The van der Waals surface area contributed by atoms with Crippen LogP contribution in [0.5, 0.6) is 0 Å². The van der Waals surface area contributed by atoms with Crippen molar-refractivity contribution in [2.24, 2.45) is 11.8 Å². The molecule has 21 heavy (non-hydrogen) atoms. The van der Waals surface area contributed by atoms with Crippen LogP contribution in [-0.2, 0) is 12.8 Å². The van der Waals surface area contributed by atoms with Crippen LogP contribution in [0.25, 0.3) is 0 Å². The number of nitrogens with zero attached hydrogens (tertiary/aromatic N) is 4. The third kappa shape index (κ3) is 3.79. The predicted molar refractivity (Wildman–Crippen MR) is 86.7 cm³/mol. The molecule has 1 unspecified atom stereocenters. The number of rotatable bonds is 5. The van der Waals surface area contributed by atoms with Crippen molar-refractivity contribution in [2.75, 3.05) is 18.0 Å². The number of anilines is 1. The number of hydrogen-bond donors (Lipinski definition) is 0. The van der Waals surface area contributed by atoms with E-state index in [4.69, 9.17) is 0 Å². The molecule has 3 heterocycles. The molecule has 0 aliphatic carbocycles. The molecule has 0 saturated carbocycles. The lowest BCUT2D eigenvalue weighted by molar-refractivity contribution is 0.577. The fourth-order valence-electron chi connectivity index (χ4n) is 2.79. The Morgan fingerprint density at radius 1 is 1.33 bits per heavy atom. The SMILES string of the molecule is CC(C)Cc1nnc(N2CCC(Cc3ccccn3)C2)s1. The first-order valence-corrected chi connectivity index (χ1v) is 8.49. The molecule has 0 amide bonds. The van der Waals surface area contributed by atoms with Crippen LogP contribution in [0.1, 0.15) is 31.0 Å². The largest absolute Gasteiger partial charge is 0.346 e. The third-order valence-corrected chi connectivity index (χ3v) is 4.83. The quantitative estimate of drug-likeness (QED) is 0.850. The highest BCUT2D eigenvalue weighted by molar-refractivity contribution is 7.15. The van der Waals surface area contributed by atoms with Gasteiger partial charge in [-0.2, -0.15) is 0 Å². The van der Waals surface area contributed by atoms with Crippen molar-refractivity contribution in [2.45, 2.75) is 33.1 Å². The molecule has 112 valence electrons. The molecular weight excluding hydrogens is 280 g/mol. The fourth-order valence-corrected chi connectivity index (χ4v) is 3.88. The molecule has 3 rings (SSSR count). The molecular formula is C16H22N4S. The van der Waals surface area contributed by atoms with Crippen LogP contribution in [0.15, 0.2) is 24.4 Å². The van der Waals surface area contributed by atoms with Crippen molar-refractivity contribution in [3.05, 3.63) is 35.1 Å². The normalized spacial score (nSPS) is 18.6. The highest BCUT2D eigenvalue weighted by Gasteiger charge is 2.25. The average molecular weight is 302 g/mol. The van der Waals surface area contributed by atoms with Gasteiger partial charge in [0.25, 0.3) is 0 Å². The van der Waals surface area contributed by atoms with E-state index in [1.54, 1.807) is 11.3 Å². The number of aromatic nitrogens is 3. The van der Waals surface area contributed by atoms with Gasteiger partial charge in [0.1, 0.15) is 5.01 Å². The molecule has 5 heteroatoms. The molecule has 1 atom stereocenters. The Kier molecular flexibility index (Phi) is 4.48. The standard InChI is InChI=1S/C16H22N4S/c1-12(2)9-15-18-19-16(21-15)20-8-6-13(11-20)10-14-5-3-4-7-17-14/h3-5,7,12-13H,6,8-11H2,1-2H3. The van der Waals surface area contributed by atoms with Gasteiger partial charge in [0, 0.05) is 31.4 Å². The van der Waals surface area contributed by atoms with Gasteiger partial charge in [-0.15, -0.1) is 10.2 Å². The molecule has 0 radical (unpaired) electrons. The lowest BCUT2D eigenvalue weighted by Crippen LogP contribution is -2.20. The topological polar surface area (TPSA) is 41.9 Å². The predicted octanol–water partition coefficient (Wildman–Crippen LogP) is 3.20. The second-order valence-corrected chi connectivity index (χ2v) is 7.24. The molecule has 0 bridgehead atoms. The van der Waals surface area contributed by atoms with Crippen LogP contribution in [0, 0.1) is 11.8 Å². The Balaban J connectivity index is 1.58. The summed E-state index contributed by atoms with van der Waals surface area (Å²) in [4.78, 5) is 6.82. The highest BCUT2D eigenvalue weighted by atomic mass is 32.1. The van der Waals surface area contributed by atoms with Gasteiger partial charge in [0.05, 0.1) is 0 Å².